The molecule has 0 saturated carbocycles. The van der Waals surface area contributed by atoms with E-state index in [2.05, 4.69) is 0 Å². The average molecular weight is 380 g/mol. The Balaban J connectivity index is 1.72. The number of carboxylic acid groups (broad SMARTS) is 2. The molecule has 1 fully saturated rings. The molecule has 2 aromatic carbocycles. The fourth-order valence-electron chi connectivity index (χ4n) is 3.15. The van der Waals surface area contributed by atoms with Gasteiger partial charge in [-0.15, -0.1) is 0 Å². The maximum Gasteiger partial charge on any atom is 0.254 e. The normalized spacial score (nSPS) is 13.9. The Morgan fingerprint density at radius 2 is 0.857 bits per heavy atom. The molecule has 1 heterocycles. The van der Waals surface area contributed by atoms with Crippen LogP contribution in [0.25, 0.3) is 0 Å². The molecule has 0 aromatic heterocycles. The molecule has 1 aliphatic heterocycles. The standard InChI is InChI=1S/C20H18N2O6/c23-17(13-5-1-3-7-15(13)19(25)26)21-9-11-22(12-10-21)18(24)14-6-2-4-8-16(14)20(27)28/h1-8H,9-12H2,(H,25,26)(H,27,28)/p-2. The van der Waals surface area contributed by atoms with E-state index in [0.29, 0.717) is 0 Å². The van der Waals surface area contributed by atoms with Crippen LogP contribution in [0.15, 0.2) is 48.5 Å². The number of hydrogen-bond acceptors (Lipinski definition) is 6. The fourth-order valence-corrected chi connectivity index (χ4v) is 3.15. The molecule has 8 heteroatoms. The van der Waals surface area contributed by atoms with E-state index in [4.69, 9.17) is 0 Å². The minimum Gasteiger partial charge on any atom is -0.545 e. The van der Waals surface area contributed by atoms with Crippen LogP contribution in [0.1, 0.15) is 41.4 Å². The Labute approximate surface area is 160 Å². The topological polar surface area (TPSA) is 121 Å². The van der Waals surface area contributed by atoms with Crippen molar-refractivity contribution in [3.8, 4) is 0 Å². The molecular formula is C20H16N2O6-2. The zero-order chi connectivity index (χ0) is 20.3. The number of benzene rings is 2. The highest BCUT2D eigenvalue weighted by molar-refractivity contribution is 6.05. The number of rotatable bonds is 4. The maximum absolute atomic E-state index is 12.7. The van der Waals surface area contributed by atoms with Crippen LogP contribution in [0, 0.1) is 0 Å². The molecule has 0 radical (unpaired) electrons. The zero-order valence-electron chi connectivity index (χ0n) is 14.8. The molecular weight excluding hydrogens is 364 g/mol. The zero-order valence-corrected chi connectivity index (χ0v) is 14.8. The molecule has 0 spiro atoms. The van der Waals surface area contributed by atoms with Crippen molar-refractivity contribution >= 4 is 23.8 Å². The van der Waals surface area contributed by atoms with Crippen LogP contribution in [0.2, 0.25) is 0 Å². The summed E-state index contributed by atoms with van der Waals surface area (Å²) in [5.74, 6) is -3.78. The van der Waals surface area contributed by atoms with E-state index in [9.17, 15) is 29.4 Å². The second-order valence-corrected chi connectivity index (χ2v) is 6.25. The van der Waals surface area contributed by atoms with Gasteiger partial charge in [-0.25, -0.2) is 0 Å². The first kappa shape index (κ1) is 19.1. The van der Waals surface area contributed by atoms with Crippen LogP contribution < -0.4 is 10.2 Å². The second kappa shape index (κ2) is 7.91. The minimum absolute atomic E-state index is 0.0320. The summed E-state index contributed by atoms with van der Waals surface area (Å²) in [7, 11) is 0. The Kier molecular flexibility index (Phi) is 5.39. The number of piperazine rings is 1. The lowest BCUT2D eigenvalue weighted by molar-refractivity contribution is -0.256. The van der Waals surface area contributed by atoms with Gasteiger partial charge in [-0.3, -0.25) is 9.59 Å². The predicted octanol–water partition coefficient (Wildman–Crippen LogP) is -0.988. The van der Waals surface area contributed by atoms with Crippen LogP contribution in [0.5, 0.6) is 0 Å². The van der Waals surface area contributed by atoms with Crippen molar-refractivity contribution in [1.82, 2.24) is 9.80 Å². The summed E-state index contributed by atoms with van der Waals surface area (Å²) in [5, 5.41) is 22.4. The van der Waals surface area contributed by atoms with Crippen LogP contribution in [-0.4, -0.2) is 59.7 Å². The third-order valence-electron chi connectivity index (χ3n) is 4.61. The number of aromatic carboxylic acids is 2. The van der Waals surface area contributed by atoms with Gasteiger partial charge < -0.3 is 29.6 Å². The Hall–Kier alpha value is -3.68. The highest BCUT2D eigenvalue weighted by atomic mass is 16.4. The number of carbonyl (C=O) groups is 4. The lowest BCUT2D eigenvalue weighted by atomic mass is 10.0. The van der Waals surface area contributed by atoms with Gasteiger partial charge in [0.25, 0.3) is 11.8 Å². The van der Waals surface area contributed by atoms with Crippen molar-refractivity contribution in [2.75, 3.05) is 26.2 Å². The second-order valence-electron chi connectivity index (χ2n) is 6.25. The summed E-state index contributed by atoms with van der Waals surface area (Å²) in [4.78, 5) is 50.6. The molecule has 0 aliphatic carbocycles. The first-order valence-corrected chi connectivity index (χ1v) is 8.59. The number of nitrogens with zero attached hydrogens (tertiary/aromatic N) is 2. The van der Waals surface area contributed by atoms with Crippen molar-refractivity contribution < 1.29 is 29.4 Å². The molecule has 1 saturated heterocycles. The van der Waals surface area contributed by atoms with E-state index < -0.39 is 23.8 Å². The summed E-state index contributed by atoms with van der Waals surface area (Å²) >= 11 is 0. The largest absolute Gasteiger partial charge is 0.545 e. The molecule has 3 rings (SSSR count). The summed E-state index contributed by atoms with van der Waals surface area (Å²) < 4.78 is 0. The number of amides is 2. The minimum atomic E-state index is -1.43. The average Bonchev–Trinajstić information content (AvgIpc) is 2.72. The van der Waals surface area contributed by atoms with Crippen molar-refractivity contribution in [3.63, 3.8) is 0 Å². The van der Waals surface area contributed by atoms with Crippen LogP contribution in [0.4, 0.5) is 0 Å². The summed E-state index contributed by atoms with van der Waals surface area (Å²) in [6.07, 6.45) is 0. The lowest BCUT2D eigenvalue weighted by Gasteiger charge is -2.35. The Morgan fingerprint density at radius 1 is 0.571 bits per heavy atom. The van der Waals surface area contributed by atoms with Gasteiger partial charge in [0.1, 0.15) is 0 Å². The van der Waals surface area contributed by atoms with Crippen LogP contribution in [-0.2, 0) is 0 Å². The first-order valence-electron chi connectivity index (χ1n) is 8.59. The Morgan fingerprint density at radius 3 is 1.14 bits per heavy atom. The molecule has 28 heavy (non-hydrogen) atoms. The molecule has 2 aromatic rings. The molecule has 2 amide bonds. The van der Waals surface area contributed by atoms with Crippen LogP contribution in [0.3, 0.4) is 0 Å². The SMILES string of the molecule is O=C([O-])c1ccccc1C(=O)N1CCN(C(=O)c2ccccc2C(=O)[O-])CC1. The third-order valence-corrected chi connectivity index (χ3v) is 4.61. The smallest absolute Gasteiger partial charge is 0.254 e. The van der Waals surface area contributed by atoms with Gasteiger partial charge in [0.05, 0.1) is 11.9 Å². The molecule has 1 aliphatic rings. The van der Waals surface area contributed by atoms with Gasteiger partial charge in [-0.1, -0.05) is 36.4 Å². The summed E-state index contributed by atoms with van der Waals surface area (Å²) in [5.41, 5.74) is -0.308. The van der Waals surface area contributed by atoms with E-state index in [1.165, 1.54) is 46.2 Å². The van der Waals surface area contributed by atoms with Gasteiger partial charge in [0.2, 0.25) is 0 Å². The monoisotopic (exact) mass is 380 g/mol. The van der Waals surface area contributed by atoms with E-state index in [1.807, 2.05) is 0 Å². The van der Waals surface area contributed by atoms with Gasteiger partial charge >= 0.3 is 0 Å². The molecule has 144 valence electrons. The van der Waals surface area contributed by atoms with E-state index in [0.717, 1.165) is 0 Å². The molecule has 0 N–H and O–H groups in total. The highest BCUT2D eigenvalue weighted by Crippen LogP contribution is 2.16. The molecule has 8 nitrogen and oxygen atoms in total. The van der Waals surface area contributed by atoms with E-state index in [1.54, 1.807) is 12.1 Å². The van der Waals surface area contributed by atoms with E-state index >= 15 is 0 Å². The highest BCUT2D eigenvalue weighted by Gasteiger charge is 2.27. The van der Waals surface area contributed by atoms with Crippen molar-refractivity contribution in [2.24, 2.45) is 0 Å². The van der Waals surface area contributed by atoms with Crippen molar-refractivity contribution in [1.29, 1.82) is 0 Å². The van der Waals surface area contributed by atoms with E-state index in [-0.39, 0.29) is 48.4 Å². The van der Waals surface area contributed by atoms with Crippen molar-refractivity contribution in [2.45, 2.75) is 0 Å². The quantitative estimate of drug-likeness (QED) is 0.672. The van der Waals surface area contributed by atoms with Gasteiger partial charge in [-0.2, -0.15) is 0 Å². The third kappa shape index (κ3) is 3.71. The van der Waals surface area contributed by atoms with Crippen molar-refractivity contribution in [3.05, 3.63) is 70.8 Å². The van der Waals surface area contributed by atoms with Gasteiger partial charge in [0.15, 0.2) is 0 Å². The number of carboxylic acids is 2. The predicted molar refractivity (Wildman–Crippen MR) is 93.4 cm³/mol. The van der Waals surface area contributed by atoms with Gasteiger partial charge in [-0.05, 0) is 12.1 Å². The fraction of sp³-hybridized carbons (Fsp3) is 0.200. The first-order chi connectivity index (χ1) is 13.4. The molecule has 0 bridgehead atoms. The summed E-state index contributed by atoms with van der Waals surface area (Å²) in [6, 6.07) is 11.6. The Bertz CT molecular complexity index is 870. The van der Waals surface area contributed by atoms with Crippen LogP contribution >= 0.6 is 0 Å². The number of carbonyl (C=O) groups excluding carboxylic acids is 4. The lowest BCUT2D eigenvalue weighted by Crippen LogP contribution is -2.51. The molecule has 0 unspecified atom stereocenters. The summed E-state index contributed by atoms with van der Waals surface area (Å²) in [6.45, 7) is 0.776. The molecule has 0 atom stereocenters. The number of hydrogen-bond donors (Lipinski definition) is 0. The van der Waals surface area contributed by atoms with Gasteiger partial charge in [0, 0.05) is 48.4 Å². The maximum atomic E-state index is 12.7.